The van der Waals surface area contributed by atoms with E-state index in [2.05, 4.69) is 10.4 Å². The topological polar surface area (TPSA) is 90.1 Å². The fourth-order valence-electron chi connectivity index (χ4n) is 2.08. The van der Waals surface area contributed by atoms with Crippen LogP contribution in [0.2, 0.25) is 0 Å². The minimum atomic E-state index is -3.12. The van der Waals surface area contributed by atoms with Crippen molar-refractivity contribution in [3.8, 4) is 0 Å². The molecule has 0 spiro atoms. The van der Waals surface area contributed by atoms with Crippen LogP contribution in [0.4, 0.5) is 18.9 Å². The van der Waals surface area contributed by atoms with E-state index in [9.17, 15) is 28.1 Å². The molecule has 0 aliphatic heterocycles. The summed E-state index contributed by atoms with van der Waals surface area (Å²) in [5, 5.41) is 16.8. The zero-order chi connectivity index (χ0) is 17.9. The summed E-state index contributed by atoms with van der Waals surface area (Å²) in [5.41, 5.74) is -1.26. The second-order valence-electron chi connectivity index (χ2n) is 4.94. The number of hydrogen-bond acceptors (Lipinski definition) is 4. The molecule has 0 saturated carbocycles. The van der Waals surface area contributed by atoms with Crippen LogP contribution in [-0.2, 0) is 17.9 Å². The molecule has 1 aromatic carbocycles. The third kappa shape index (κ3) is 3.89. The maximum Gasteiger partial charge on any atom is 0.319 e. The summed E-state index contributed by atoms with van der Waals surface area (Å²) < 4.78 is 39.3. The van der Waals surface area contributed by atoms with Crippen LogP contribution in [0.3, 0.4) is 0 Å². The number of rotatable bonds is 6. The lowest BCUT2D eigenvalue weighted by Gasteiger charge is -2.06. The van der Waals surface area contributed by atoms with E-state index in [-0.39, 0.29) is 12.2 Å². The number of aromatic nitrogens is 2. The van der Waals surface area contributed by atoms with Crippen LogP contribution in [0, 0.1) is 22.9 Å². The Hall–Kier alpha value is -2.91. The van der Waals surface area contributed by atoms with Gasteiger partial charge in [0.1, 0.15) is 18.1 Å². The second-order valence-corrected chi connectivity index (χ2v) is 4.94. The van der Waals surface area contributed by atoms with Crippen molar-refractivity contribution in [2.24, 2.45) is 0 Å². The van der Waals surface area contributed by atoms with Crippen molar-refractivity contribution in [2.75, 3.05) is 0 Å². The molecule has 0 atom stereocenters. The highest BCUT2D eigenvalue weighted by molar-refractivity contribution is 5.75. The quantitative estimate of drug-likeness (QED) is 0.645. The molecule has 0 radical (unpaired) electrons. The number of hydrogen-bond donors (Lipinski definition) is 1. The second kappa shape index (κ2) is 7.11. The highest BCUT2D eigenvalue weighted by Crippen LogP contribution is 2.30. The maximum atomic E-state index is 12.8. The van der Waals surface area contributed by atoms with E-state index < -0.39 is 41.0 Å². The summed E-state index contributed by atoms with van der Waals surface area (Å²) in [6, 6.07) is 5.43. The van der Waals surface area contributed by atoms with Gasteiger partial charge in [-0.15, -0.1) is 0 Å². The standard InChI is InChI=1S/C14H13F3N4O3/c1-8-13(21(23)24)12(14(16)17)19-20(8)7-11(22)18-6-9-2-4-10(15)5-3-9/h2-5,14H,6-7H2,1H3,(H,18,22). The summed E-state index contributed by atoms with van der Waals surface area (Å²) >= 11 is 0. The van der Waals surface area contributed by atoms with Crippen LogP contribution in [0.5, 0.6) is 0 Å². The monoisotopic (exact) mass is 342 g/mol. The van der Waals surface area contributed by atoms with E-state index in [1.165, 1.54) is 31.2 Å². The molecular weight excluding hydrogens is 329 g/mol. The molecule has 128 valence electrons. The summed E-state index contributed by atoms with van der Waals surface area (Å²) in [5.74, 6) is -0.982. The Balaban J connectivity index is 2.07. The minimum Gasteiger partial charge on any atom is -0.350 e. The van der Waals surface area contributed by atoms with E-state index in [0.29, 0.717) is 5.56 Å². The molecule has 0 aliphatic carbocycles. The van der Waals surface area contributed by atoms with Crippen LogP contribution in [0.1, 0.15) is 23.4 Å². The number of benzene rings is 1. The van der Waals surface area contributed by atoms with Gasteiger partial charge in [0.05, 0.1) is 4.92 Å². The molecule has 24 heavy (non-hydrogen) atoms. The summed E-state index contributed by atoms with van der Waals surface area (Å²) in [6.45, 7) is 0.897. The van der Waals surface area contributed by atoms with E-state index >= 15 is 0 Å². The van der Waals surface area contributed by atoms with Crippen LogP contribution in [0.15, 0.2) is 24.3 Å². The van der Waals surface area contributed by atoms with Crippen molar-refractivity contribution in [1.82, 2.24) is 15.1 Å². The molecule has 1 heterocycles. The number of nitrogens with one attached hydrogen (secondary N) is 1. The highest BCUT2D eigenvalue weighted by atomic mass is 19.3. The molecule has 2 rings (SSSR count). The lowest BCUT2D eigenvalue weighted by Crippen LogP contribution is -2.28. The van der Waals surface area contributed by atoms with Crippen molar-refractivity contribution in [2.45, 2.75) is 26.4 Å². The van der Waals surface area contributed by atoms with E-state index in [1.54, 1.807) is 0 Å². The van der Waals surface area contributed by atoms with Gasteiger partial charge in [-0.05, 0) is 24.6 Å². The fraction of sp³-hybridized carbons (Fsp3) is 0.286. The fourth-order valence-corrected chi connectivity index (χ4v) is 2.08. The van der Waals surface area contributed by atoms with Gasteiger partial charge in [0.25, 0.3) is 6.43 Å². The van der Waals surface area contributed by atoms with E-state index in [4.69, 9.17) is 0 Å². The zero-order valence-electron chi connectivity index (χ0n) is 12.5. The van der Waals surface area contributed by atoms with Crippen molar-refractivity contribution < 1.29 is 22.9 Å². The highest BCUT2D eigenvalue weighted by Gasteiger charge is 2.31. The molecule has 0 bridgehead atoms. The zero-order valence-corrected chi connectivity index (χ0v) is 12.5. The van der Waals surface area contributed by atoms with Gasteiger partial charge in [0.15, 0.2) is 0 Å². The molecular formula is C14H13F3N4O3. The van der Waals surface area contributed by atoms with Crippen molar-refractivity contribution in [1.29, 1.82) is 0 Å². The van der Waals surface area contributed by atoms with Crippen LogP contribution < -0.4 is 5.32 Å². The molecule has 1 N–H and O–H groups in total. The van der Waals surface area contributed by atoms with Gasteiger partial charge < -0.3 is 5.32 Å². The number of nitrogens with zero attached hydrogens (tertiary/aromatic N) is 3. The van der Waals surface area contributed by atoms with Crippen molar-refractivity contribution in [3.05, 3.63) is 57.1 Å². The van der Waals surface area contributed by atoms with Crippen LogP contribution in [0.25, 0.3) is 0 Å². The third-order valence-corrected chi connectivity index (χ3v) is 3.29. The third-order valence-electron chi connectivity index (χ3n) is 3.29. The first-order valence-electron chi connectivity index (χ1n) is 6.80. The molecule has 0 fully saturated rings. The molecule has 0 saturated heterocycles. The number of halogens is 3. The normalized spacial score (nSPS) is 10.9. The molecule has 7 nitrogen and oxygen atoms in total. The average molecular weight is 342 g/mol. The Morgan fingerprint density at radius 3 is 2.50 bits per heavy atom. The number of nitro groups is 1. The molecule has 0 unspecified atom stereocenters. The number of amides is 1. The predicted octanol–water partition coefficient (Wildman–Crippen LogP) is 2.49. The van der Waals surface area contributed by atoms with Gasteiger partial charge in [-0.2, -0.15) is 5.10 Å². The van der Waals surface area contributed by atoms with Gasteiger partial charge in [-0.1, -0.05) is 12.1 Å². The molecule has 10 heteroatoms. The molecule has 2 aromatic rings. The van der Waals surface area contributed by atoms with E-state index in [0.717, 1.165) is 4.68 Å². The Labute approximate surface area is 134 Å². The smallest absolute Gasteiger partial charge is 0.319 e. The molecule has 1 aromatic heterocycles. The summed E-state index contributed by atoms with van der Waals surface area (Å²) in [6.07, 6.45) is -3.12. The molecule has 0 aliphatic rings. The van der Waals surface area contributed by atoms with Gasteiger partial charge in [-0.3, -0.25) is 19.6 Å². The lowest BCUT2D eigenvalue weighted by atomic mass is 10.2. The molecule has 1 amide bonds. The predicted molar refractivity (Wildman–Crippen MR) is 76.8 cm³/mol. The average Bonchev–Trinajstić information content (AvgIpc) is 2.84. The Morgan fingerprint density at radius 1 is 1.38 bits per heavy atom. The Kier molecular flexibility index (Phi) is 5.17. The number of alkyl halides is 2. The van der Waals surface area contributed by atoms with Crippen LogP contribution >= 0.6 is 0 Å². The minimum absolute atomic E-state index is 0.100. The van der Waals surface area contributed by atoms with Crippen molar-refractivity contribution >= 4 is 11.6 Å². The van der Waals surface area contributed by atoms with Gasteiger partial charge >= 0.3 is 5.69 Å². The van der Waals surface area contributed by atoms with Gasteiger partial charge in [0.2, 0.25) is 11.6 Å². The van der Waals surface area contributed by atoms with E-state index in [1.807, 2.05) is 0 Å². The lowest BCUT2D eigenvalue weighted by molar-refractivity contribution is -0.386. The summed E-state index contributed by atoms with van der Waals surface area (Å²) in [4.78, 5) is 21.8. The van der Waals surface area contributed by atoms with Crippen LogP contribution in [-0.4, -0.2) is 20.6 Å². The summed E-state index contributed by atoms with van der Waals surface area (Å²) in [7, 11) is 0. The first-order chi connectivity index (χ1) is 11.3. The Morgan fingerprint density at radius 2 is 2.00 bits per heavy atom. The number of carbonyl (C=O) groups is 1. The first kappa shape index (κ1) is 17.4. The van der Waals surface area contributed by atoms with Gasteiger partial charge in [0, 0.05) is 6.54 Å². The van der Waals surface area contributed by atoms with Gasteiger partial charge in [-0.25, -0.2) is 13.2 Å². The number of carbonyl (C=O) groups excluding carboxylic acids is 1. The Bertz CT molecular complexity index is 759. The van der Waals surface area contributed by atoms with Crippen molar-refractivity contribution in [3.63, 3.8) is 0 Å². The SMILES string of the molecule is Cc1c([N+](=O)[O-])c(C(F)F)nn1CC(=O)NCc1ccc(F)cc1. The first-order valence-corrected chi connectivity index (χ1v) is 6.80. The largest absolute Gasteiger partial charge is 0.350 e. The maximum absolute atomic E-state index is 12.8.